The Hall–Kier alpha value is -0.350. The Morgan fingerprint density at radius 3 is 2.71 bits per heavy atom. The van der Waals surface area contributed by atoms with Crippen LogP contribution in [0.25, 0.3) is 0 Å². The summed E-state index contributed by atoms with van der Waals surface area (Å²) in [4.78, 5) is 1.78. The van der Waals surface area contributed by atoms with Gasteiger partial charge in [0.05, 0.1) is 9.90 Å². The fourth-order valence-electron chi connectivity index (χ4n) is 1.21. The molecule has 0 bridgehead atoms. The Labute approximate surface area is 95.6 Å². The molecule has 1 nitrogen and oxygen atoms in total. The molecule has 2 aromatic heterocycles. The van der Waals surface area contributed by atoms with Crippen LogP contribution in [-0.2, 0) is 0 Å². The van der Waals surface area contributed by atoms with Gasteiger partial charge in [0.25, 0.3) is 0 Å². The molecule has 0 saturated carbocycles. The normalized spacial score (nSPS) is 13.1. The third-order valence-electron chi connectivity index (χ3n) is 1.99. The van der Waals surface area contributed by atoms with Crippen LogP contribution in [0.1, 0.15) is 21.4 Å². The summed E-state index contributed by atoms with van der Waals surface area (Å²) in [5, 5.41) is 14.6. The van der Waals surface area contributed by atoms with E-state index in [1.54, 1.807) is 11.3 Å². The highest BCUT2D eigenvalue weighted by Crippen LogP contribution is 2.36. The van der Waals surface area contributed by atoms with Crippen LogP contribution in [0.3, 0.4) is 0 Å². The first-order valence-corrected chi connectivity index (χ1v) is 6.29. The number of aliphatic hydroxyl groups excluding tert-OH is 1. The first-order chi connectivity index (χ1) is 6.70. The summed E-state index contributed by atoms with van der Waals surface area (Å²) >= 11 is 9.12. The van der Waals surface area contributed by atoms with Gasteiger partial charge in [0, 0.05) is 4.88 Å². The third kappa shape index (κ3) is 1.73. The van der Waals surface area contributed by atoms with Gasteiger partial charge in [-0.15, -0.1) is 22.7 Å². The second-order valence-electron chi connectivity index (χ2n) is 3.01. The maximum atomic E-state index is 10.0. The zero-order valence-corrected chi connectivity index (χ0v) is 9.92. The molecule has 4 heteroatoms. The van der Waals surface area contributed by atoms with Crippen molar-refractivity contribution in [3.63, 3.8) is 0 Å². The van der Waals surface area contributed by atoms with E-state index in [-0.39, 0.29) is 0 Å². The lowest BCUT2D eigenvalue weighted by Gasteiger charge is -2.06. The molecule has 74 valence electrons. The van der Waals surface area contributed by atoms with E-state index in [2.05, 4.69) is 0 Å². The van der Waals surface area contributed by atoms with Crippen molar-refractivity contribution in [2.45, 2.75) is 13.0 Å². The van der Waals surface area contributed by atoms with Crippen molar-refractivity contribution in [3.05, 3.63) is 43.2 Å². The average Bonchev–Trinajstić information content (AvgIpc) is 2.77. The smallest absolute Gasteiger partial charge is 0.124 e. The summed E-state index contributed by atoms with van der Waals surface area (Å²) in [6.45, 7) is 1.95. The number of aliphatic hydroxyl groups is 1. The lowest BCUT2D eigenvalue weighted by atomic mass is 10.2. The van der Waals surface area contributed by atoms with Gasteiger partial charge in [-0.2, -0.15) is 0 Å². The van der Waals surface area contributed by atoms with Gasteiger partial charge in [-0.1, -0.05) is 17.7 Å². The summed E-state index contributed by atoms with van der Waals surface area (Å²) < 4.78 is 0. The minimum Gasteiger partial charge on any atom is -0.382 e. The van der Waals surface area contributed by atoms with Crippen LogP contribution < -0.4 is 0 Å². The zero-order chi connectivity index (χ0) is 10.1. The lowest BCUT2D eigenvalue weighted by Crippen LogP contribution is -1.94. The van der Waals surface area contributed by atoms with Crippen molar-refractivity contribution in [1.82, 2.24) is 0 Å². The molecule has 0 fully saturated rings. The van der Waals surface area contributed by atoms with Crippen molar-refractivity contribution in [2.75, 3.05) is 0 Å². The molecule has 0 radical (unpaired) electrons. The zero-order valence-electron chi connectivity index (χ0n) is 7.53. The minimum atomic E-state index is -0.568. The van der Waals surface area contributed by atoms with E-state index in [0.717, 1.165) is 15.3 Å². The second-order valence-corrected chi connectivity index (χ2v) is 5.28. The molecule has 14 heavy (non-hydrogen) atoms. The number of rotatable bonds is 2. The highest BCUT2D eigenvalue weighted by Gasteiger charge is 2.17. The quantitative estimate of drug-likeness (QED) is 0.851. The Morgan fingerprint density at radius 2 is 2.21 bits per heavy atom. The van der Waals surface area contributed by atoms with Crippen molar-refractivity contribution in [1.29, 1.82) is 0 Å². The summed E-state index contributed by atoms with van der Waals surface area (Å²) in [5.74, 6) is 0. The van der Waals surface area contributed by atoms with Gasteiger partial charge < -0.3 is 5.11 Å². The van der Waals surface area contributed by atoms with Crippen molar-refractivity contribution < 1.29 is 5.11 Å². The Bertz CT molecular complexity index is 419. The number of thiophene rings is 2. The van der Waals surface area contributed by atoms with E-state index in [1.165, 1.54) is 11.3 Å². The molecule has 0 aliphatic carbocycles. The molecule has 1 N–H and O–H groups in total. The monoisotopic (exact) mass is 244 g/mol. The molecule has 0 aliphatic heterocycles. The van der Waals surface area contributed by atoms with Crippen molar-refractivity contribution in [2.24, 2.45) is 0 Å². The van der Waals surface area contributed by atoms with Gasteiger partial charge in [-0.25, -0.2) is 0 Å². The van der Waals surface area contributed by atoms with Crippen LogP contribution in [-0.4, -0.2) is 5.11 Å². The molecular formula is C10H9ClOS2. The SMILES string of the molecule is Cc1csc(C(O)c2cccs2)c1Cl. The van der Waals surface area contributed by atoms with Crippen LogP contribution in [0.2, 0.25) is 5.02 Å². The predicted molar refractivity (Wildman–Crippen MR) is 62.4 cm³/mol. The Kier molecular flexibility index (Phi) is 2.93. The van der Waals surface area contributed by atoms with Crippen LogP contribution in [0.5, 0.6) is 0 Å². The van der Waals surface area contributed by atoms with Gasteiger partial charge in [0.2, 0.25) is 0 Å². The van der Waals surface area contributed by atoms with Gasteiger partial charge in [-0.05, 0) is 29.3 Å². The standard InChI is InChI=1S/C10H9ClOS2/c1-6-5-14-10(8(6)11)9(12)7-3-2-4-13-7/h2-5,9,12H,1H3. The maximum absolute atomic E-state index is 10.0. The van der Waals surface area contributed by atoms with Crippen LogP contribution in [0, 0.1) is 6.92 Å². The summed E-state index contributed by atoms with van der Waals surface area (Å²) in [7, 11) is 0. The number of halogens is 1. The number of hydrogen-bond donors (Lipinski definition) is 1. The molecule has 0 amide bonds. The predicted octanol–water partition coefficient (Wildman–Crippen LogP) is 3.85. The number of aryl methyl sites for hydroxylation is 1. The minimum absolute atomic E-state index is 0.568. The summed E-state index contributed by atoms with van der Waals surface area (Å²) in [6.07, 6.45) is -0.568. The first-order valence-electron chi connectivity index (χ1n) is 4.15. The van der Waals surface area contributed by atoms with Crippen LogP contribution in [0.15, 0.2) is 22.9 Å². The van der Waals surface area contributed by atoms with Gasteiger partial charge in [0.1, 0.15) is 6.10 Å². The second kappa shape index (κ2) is 4.03. The molecule has 0 saturated heterocycles. The van der Waals surface area contributed by atoms with E-state index in [1.807, 2.05) is 29.8 Å². The molecule has 2 rings (SSSR count). The van der Waals surface area contributed by atoms with Crippen LogP contribution in [0.4, 0.5) is 0 Å². The molecule has 0 aromatic carbocycles. The molecule has 0 spiro atoms. The first kappa shape index (κ1) is 10.2. The fraction of sp³-hybridized carbons (Fsp3) is 0.200. The molecule has 2 heterocycles. The largest absolute Gasteiger partial charge is 0.382 e. The molecule has 0 aliphatic rings. The molecular weight excluding hydrogens is 236 g/mol. The summed E-state index contributed by atoms with van der Waals surface area (Å²) in [5.41, 5.74) is 1.03. The lowest BCUT2D eigenvalue weighted by molar-refractivity contribution is 0.228. The molecule has 2 aromatic rings. The van der Waals surface area contributed by atoms with Crippen LogP contribution >= 0.6 is 34.3 Å². The third-order valence-corrected chi connectivity index (χ3v) is 4.68. The Morgan fingerprint density at radius 1 is 1.43 bits per heavy atom. The maximum Gasteiger partial charge on any atom is 0.124 e. The summed E-state index contributed by atoms with van der Waals surface area (Å²) in [6, 6.07) is 3.85. The van der Waals surface area contributed by atoms with E-state index in [0.29, 0.717) is 5.02 Å². The topological polar surface area (TPSA) is 20.2 Å². The fourth-order valence-corrected chi connectivity index (χ4v) is 3.30. The average molecular weight is 245 g/mol. The highest BCUT2D eigenvalue weighted by molar-refractivity contribution is 7.12. The van der Waals surface area contributed by atoms with E-state index < -0.39 is 6.10 Å². The molecule has 1 atom stereocenters. The number of hydrogen-bond acceptors (Lipinski definition) is 3. The molecule has 1 unspecified atom stereocenters. The van der Waals surface area contributed by atoms with Crippen molar-refractivity contribution >= 4 is 34.3 Å². The van der Waals surface area contributed by atoms with E-state index >= 15 is 0 Å². The van der Waals surface area contributed by atoms with Gasteiger partial charge in [-0.3, -0.25) is 0 Å². The van der Waals surface area contributed by atoms with Gasteiger partial charge >= 0.3 is 0 Å². The van der Waals surface area contributed by atoms with Crippen molar-refractivity contribution in [3.8, 4) is 0 Å². The van der Waals surface area contributed by atoms with E-state index in [9.17, 15) is 5.11 Å². The highest BCUT2D eigenvalue weighted by atomic mass is 35.5. The van der Waals surface area contributed by atoms with E-state index in [4.69, 9.17) is 11.6 Å². The van der Waals surface area contributed by atoms with Gasteiger partial charge in [0.15, 0.2) is 0 Å². The Balaban J connectivity index is 2.36.